The van der Waals surface area contributed by atoms with Crippen LogP contribution in [-0.2, 0) is 21.5 Å². The highest BCUT2D eigenvalue weighted by atomic mass is 35.5. The zero-order chi connectivity index (χ0) is 50.3. The highest BCUT2D eigenvalue weighted by Gasteiger charge is 2.41. The summed E-state index contributed by atoms with van der Waals surface area (Å²) in [4.78, 5) is 37.4. The van der Waals surface area contributed by atoms with Crippen LogP contribution in [0.4, 0.5) is 0 Å². The Balaban J connectivity index is 0.776. The number of carbonyl (C=O) groups is 1. The van der Waals surface area contributed by atoms with Gasteiger partial charge >= 0.3 is 0 Å². The van der Waals surface area contributed by atoms with Crippen molar-refractivity contribution in [3.05, 3.63) is 125 Å². The molecular weight excluding hydrogens is 986 g/mol. The van der Waals surface area contributed by atoms with Crippen LogP contribution < -0.4 is 5.32 Å². The van der Waals surface area contributed by atoms with Crippen molar-refractivity contribution in [2.45, 2.75) is 72.4 Å². The van der Waals surface area contributed by atoms with Crippen LogP contribution >= 0.6 is 45.9 Å². The molecule has 0 unspecified atom stereocenters. The first-order valence-electron chi connectivity index (χ1n) is 25.2. The smallest absolute Gasteiger partial charge is 0.222 e. The lowest BCUT2D eigenvalue weighted by Crippen LogP contribution is -2.49. The van der Waals surface area contributed by atoms with Crippen molar-refractivity contribution >= 4 is 63.2 Å². The average molecular weight is 1050 g/mol. The lowest BCUT2D eigenvalue weighted by atomic mass is 9.95. The average Bonchev–Trinajstić information content (AvgIpc) is 4.08. The Morgan fingerprint density at radius 2 is 1.35 bits per heavy atom. The molecule has 4 aliphatic rings. The molecule has 0 radical (unpaired) electrons. The zero-order valence-corrected chi connectivity index (χ0v) is 45.6. The predicted octanol–water partition coefficient (Wildman–Crippen LogP) is 7.80. The number of nitrogens with one attached hydrogen (secondary N) is 1. The molecule has 6 aromatic rings. The molecule has 15 nitrogen and oxygen atoms in total. The van der Waals surface area contributed by atoms with Gasteiger partial charge in [0.25, 0.3) is 0 Å². The number of nitrogens with zero attached hydrogens (tertiary/aromatic N) is 12. The quantitative estimate of drug-likeness (QED) is 0.102. The summed E-state index contributed by atoms with van der Waals surface area (Å²) in [6.07, 6.45) is 2.15. The highest BCUT2D eigenvalue weighted by molar-refractivity contribution is 7.15. The Kier molecular flexibility index (Phi) is 15.3. The van der Waals surface area contributed by atoms with Gasteiger partial charge in [0.2, 0.25) is 5.91 Å². The van der Waals surface area contributed by atoms with Gasteiger partial charge in [-0.3, -0.25) is 33.7 Å². The number of fused-ring (bicyclic) bond motifs is 6. The van der Waals surface area contributed by atoms with Crippen molar-refractivity contribution in [1.82, 2.24) is 54.4 Å². The van der Waals surface area contributed by atoms with E-state index >= 15 is 0 Å². The fourth-order valence-corrected chi connectivity index (χ4v) is 13.4. The Hall–Kier alpha value is -4.69. The first-order valence-corrected chi connectivity index (χ1v) is 27.6. The Labute approximate surface area is 440 Å². The van der Waals surface area contributed by atoms with Crippen LogP contribution in [0.5, 0.6) is 0 Å². The van der Waals surface area contributed by atoms with Gasteiger partial charge in [-0.2, -0.15) is 0 Å². The van der Waals surface area contributed by atoms with Gasteiger partial charge in [-0.05, 0) is 110 Å². The third kappa shape index (κ3) is 10.5. The number of likely N-dealkylation sites (N-methyl/N-ethyl adjacent to an activating group) is 1. The third-order valence-corrected chi connectivity index (χ3v) is 17.8. The summed E-state index contributed by atoms with van der Waals surface area (Å²) in [5.74, 6) is 3.12. The Bertz CT molecular complexity index is 2980. The number of benzene rings is 2. The molecule has 8 heterocycles. The molecule has 2 fully saturated rings. The number of halogens is 2. The van der Waals surface area contributed by atoms with Crippen molar-refractivity contribution in [3.63, 3.8) is 0 Å². The van der Waals surface area contributed by atoms with E-state index in [1.165, 1.54) is 15.3 Å². The van der Waals surface area contributed by atoms with E-state index in [9.17, 15) is 4.79 Å². The molecule has 2 aromatic carbocycles. The van der Waals surface area contributed by atoms with Gasteiger partial charge in [-0.25, -0.2) is 0 Å². The number of aryl methyl sites for hydroxylation is 3. The summed E-state index contributed by atoms with van der Waals surface area (Å²) in [5, 5.41) is 25.4. The monoisotopic (exact) mass is 1050 g/mol. The van der Waals surface area contributed by atoms with Crippen molar-refractivity contribution in [3.8, 4) is 10.0 Å². The van der Waals surface area contributed by atoms with Crippen molar-refractivity contribution < 1.29 is 9.53 Å². The lowest BCUT2D eigenvalue weighted by molar-refractivity contribution is -0.122. The van der Waals surface area contributed by atoms with E-state index in [0.717, 1.165) is 165 Å². The Morgan fingerprint density at radius 3 is 2.04 bits per heavy atom. The second kappa shape index (κ2) is 21.6. The van der Waals surface area contributed by atoms with E-state index in [1.807, 2.05) is 61.6 Å². The molecule has 0 saturated carbocycles. The normalized spacial score (nSPS) is 19.6. The summed E-state index contributed by atoms with van der Waals surface area (Å²) >= 11 is 16.3. The number of piperazine rings is 1. The number of aliphatic imine (C=N–C) groups is 2. The predicted molar refractivity (Wildman–Crippen MR) is 290 cm³/mol. The molecule has 380 valence electrons. The number of rotatable bonds is 16. The van der Waals surface area contributed by atoms with Crippen LogP contribution in [0.15, 0.2) is 58.5 Å². The second-order valence-corrected chi connectivity index (χ2v) is 23.1. The number of carbonyl (C=O) groups excluding carboxylic acids is 1. The minimum Gasteiger partial charge on any atom is -0.379 e. The maximum absolute atomic E-state index is 13.9. The van der Waals surface area contributed by atoms with Gasteiger partial charge in [0.1, 0.15) is 33.2 Å². The van der Waals surface area contributed by atoms with E-state index in [0.29, 0.717) is 22.4 Å². The minimum atomic E-state index is -0.964. The molecule has 4 aliphatic heterocycles. The highest BCUT2D eigenvalue weighted by Crippen LogP contribution is 2.43. The van der Waals surface area contributed by atoms with Crippen LogP contribution in [-0.4, -0.2) is 165 Å². The molecule has 0 bridgehead atoms. The fourth-order valence-electron chi connectivity index (χ4n) is 10.6. The van der Waals surface area contributed by atoms with Crippen LogP contribution in [0.2, 0.25) is 10.0 Å². The number of aromatic nitrogens is 6. The second-order valence-electron chi connectivity index (χ2n) is 19.9. The van der Waals surface area contributed by atoms with Gasteiger partial charge in [-0.1, -0.05) is 47.5 Å². The van der Waals surface area contributed by atoms with Crippen LogP contribution in [0.3, 0.4) is 0 Å². The lowest BCUT2D eigenvalue weighted by Gasteiger charge is -2.34. The van der Waals surface area contributed by atoms with Crippen molar-refractivity contribution in [2.75, 3.05) is 98.8 Å². The summed E-state index contributed by atoms with van der Waals surface area (Å²) in [6.45, 7) is 25.0. The van der Waals surface area contributed by atoms with Crippen molar-refractivity contribution in [2.24, 2.45) is 9.98 Å². The van der Waals surface area contributed by atoms with Crippen LogP contribution in [0.1, 0.15) is 92.2 Å². The van der Waals surface area contributed by atoms with E-state index in [2.05, 4.69) is 96.2 Å². The van der Waals surface area contributed by atoms with Crippen molar-refractivity contribution in [1.29, 1.82) is 0 Å². The van der Waals surface area contributed by atoms with Gasteiger partial charge in [0.05, 0.1) is 31.1 Å². The number of hydrogen-bond acceptors (Lipinski definition) is 14. The van der Waals surface area contributed by atoms with E-state index < -0.39 is 5.54 Å². The summed E-state index contributed by atoms with van der Waals surface area (Å²) < 4.78 is 9.93. The summed E-state index contributed by atoms with van der Waals surface area (Å²) in [7, 11) is 2.19. The summed E-state index contributed by atoms with van der Waals surface area (Å²) in [5.41, 5.74) is 7.47. The maximum atomic E-state index is 13.9. The van der Waals surface area contributed by atoms with E-state index in [1.54, 1.807) is 11.3 Å². The molecule has 0 spiro atoms. The van der Waals surface area contributed by atoms with Gasteiger partial charge < -0.3 is 19.9 Å². The van der Waals surface area contributed by atoms with Gasteiger partial charge in [0.15, 0.2) is 11.6 Å². The minimum absolute atomic E-state index is 0.0681. The van der Waals surface area contributed by atoms with E-state index in [4.69, 9.17) is 43.0 Å². The van der Waals surface area contributed by atoms with Gasteiger partial charge in [0, 0.05) is 108 Å². The number of amides is 1. The number of thiophene rings is 2. The molecule has 4 aromatic heterocycles. The number of morpholine rings is 1. The molecule has 10 rings (SSSR count). The standard InChI is InChI=1S/C53H65Cl2N13O2S2/c1-33-35(3)71-51-45(33)48(39-11-15-41(55)16-12-39)58-53(6,52-62-60-37(5)68(51)52)31-44(69)56-18-22-66-25-23-65(24-26-66)21-17-43-34(2)46-47(38-9-13-40(54)14-10-38)57-42(49-61-59-36(4)67(49)50(46)72-43)32-63(7)19-8-20-64-27-29-70-30-28-64/h9-16,42H,8,17-32H2,1-7H3,(H,56,69)/t42-,53-/m0/s1. The molecule has 0 aliphatic carbocycles. The zero-order valence-electron chi connectivity index (χ0n) is 42.5. The maximum Gasteiger partial charge on any atom is 0.222 e. The SMILES string of the molecule is Cc1sc2c(c1C)C(c1ccc(Cl)cc1)=N[C@@](C)(CC(=O)NCCN1CCN(CCc3sc4c(c3C)C(c3ccc(Cl)cc3)=N[C@@H](CN(C)CCCN3CCOCC3)c3nnc(C)n3-4)CC1)c1nnc(C)n1-2. The third-order valence-electron chi connectivity index (χ3n) is 14.8. The van der Waals surface area contributed by atoms with Gasteiger partial charge in [-0.15, -0.1) is 43.1 Å². The largest absolute Gasteiger partial charge is 0.379 e. The molecule has 1 N–H and O–H groups in total. The number of ether oxygens (including phenoxy) is 1. The van der Waals surface area contributed by atoms with Crippen LogP contribution in [0, 0.1) is 34.6 Å². The Morgan fingerprint density at radius 1 is 0.750 bits per heavy atom. The molecule has 19 heteroatoms. The molecule has 2 atom stereocenters. The van der Waals surface area contributed by atoms with Crippen LogP contribution in [0.25, 0.3) is 10.0 Å². The molecule has 2 saturated heterocycles. The number of hydrogen-bond donors (Lipinski definition) is 1. The van der Waals surface area contributed by atoms with E-state index in [-0.39, 0.29) is 18.4 Å². The molecule has 1 amide bonds. The fraction of sp³-hybridized carbons (Fsp3) is 0.491. The topological polar surface area (TPSA) is 137 Å². The summed E-state index contributed by atoms with van der Waals surface area (Å²) in [6, 6.07) is 15.7. The molecular formula is C53H65Cl2N13O2S2. The molecule has 72 heavy (non-hydrogen) atoms. The first-order chi connectivity index (χ1) is 34.7. The first kappa shape index (κ1) is 50.8.